The molecule has 0 aromatic rings. The second kappa shape index (κ2) is 7.20. The topological polar surface area (TPSA) is 49.9 Å². The number of ether oxygens (including phenoxy) is 1. The van der Waals surface area contributed by atoms with E-state index in [1.807, 2.05) is 18.7 Å². The molecule has 0 N–H and O–H groups in total. The lowest BCUT2D eigenvalue weighted by molar-refractivity contribution is -0.150. The number of fused-ring (bicyclic) bond motifs is 1. The highest BCUT2D eigenvalue weighted by Crippen LogP contribution is 2.35. The van der Waals surface area contributed by atoms with Crippen LogP contribution in [0.15, 0.2) is 0 Å². The van der Waals surface area contributed by atoms with Gasteiger partial charge in [0.2, 0.25) is 11.8 Å². The fourth-order valence-corrected chi connectivity index (χ4v) is 4.66. The molecule has 5 heteroatoms. The number of hydrogen-bond acceptors (Lipinski definition) is 3. The quantitative estimate of drug-likeness (QED) is 0.732. The fourth-order valence-electron chi connectivity index (χ4n) is 4.66. The Morgan fingerprint density at radius 1 is 0.957 bits per heavy atom. The molecule has 2 unspecified atom stereocenters. The molecule has 0 aromatic heterocycles. The maximum absolute atomic E-state index is 12.7. The van der Waals surface area contributed by atoms with Crippen LogP contribution < -0.4 is 0 Å². The minimum absolute atomic E-state index is 0.0304. The van der Waals surface area contributed by atoms with Gasteiger partial charge in [-0.3, -0.25) is 9.59 Å². The number of nitrogens with zero attached hydrogens (tertiary/aromatic N) is 2. The first-order chi connectivity index (χ1) is 11.0. The standard InChI is InChI=1S/C18H30N2O3/c1-13-11-19(12-14(2)23-13)17(21)10-18(22)20-9-5-7-15-6-3-4-8-16(15)20/h13-16H,3-12H2,1-2H3/t13-,14+,15?,16?. The Morgan fingerprint density at radius 2 is 1.61 bits per heavy atom. The van der Waals surface area contributed by atoms with Crippen LogP contribution in [0.3, 0.4) is 0 Å². The van der Waals surface area contributed by atoms with Gasteiger partial charge < -0.3 is 14.5 Å². The molecular formula is C18H30N2O3. The first kappa shape index (κ1) is 16.7. The molecule has 0 bridgehead atoms. The highest BCUT2D eigenvalue weighted by Gasteiger charge is 2.37. The molecule has 130 valence electrons. The molecule has 1 aliphatic carbocycles. The molecule has 0 radical (unpaired) electrons. The maximum atomic E-state index is 12.7. The van der Waals surface area contributed by atoms with Gasteiger partial charge in [0, 0.05) is 25.7 Å². The summed E-state index contributed by atoms with van der Waals surface area (Å²) in [7, 11) is 0. The van der Waals surface area contributed by atoms with Crippen molar-refractivity contribution in [1.82, 2.24) is 9.80 Å². The summed E-state index contributed by atoms with van der Waals surface area (Å²) in [5, 5.41) is 0. The molecule has 0 spiro atoms. The van der Waals surface area contributed by atoms with E-state index >= 15 is 0 Å². The van der Waals surface area contributed by atoms with Gasteiger partial charge >= 0.3 is 0 Å². The molecule has 4 atom stereocenters. The van der Waals surface area contributed by atoms with Crippen LogP contribution >= 0.6 is 0 Å². The van der Waals surface area contributed by atoms with Crippen LogP contribution in [0.1, 0.15) is 58.8 Å². The minimum Gasteiger partial charge on any atom is -0.372 e. The molecule has 3 fully saturated rings. The van der Waals surface area contributed by atoms with Crippen molar-refractivity contribution < 1.29 is 14.3 Å². The van der Waals surface area contributed by atoms with Crippen molar-refractivity contribution in [3.63, 3.8) is 0 Å². The van der Waals surface area contributed by atoms with E-state index in [4.69, 9.17) is 4.74 Å². The molecule has 1 saturated carbocycles. The molecule has 2 heterocycles. The van der Waals surface area contributed by atoms with Gasteiger partial charge in [0.1, 0.15) is 6.42 Å². The van der Waals surface area contributed by atoms with Crippen LogP contribution in [0.5, 0.6) is 0 Å². The molecule has 2 amide bonds. The molecule has 3 rings (SSSR count). The summed E-state index contributed by atoms with van der Waals surface area (Å²) in [4.78, 5) is 29.1. The van der Waals surface area contributed by atoms with Crippen molar-refractivity contribution in [2.24, 2.45) is 5.92 Å². The lowest BCUT2D eigenvalue weighted by Gasteiger charge is -2.44. The van der Waals surface area contributed by atoms with E-state index in [0.717, 1.165) is 19.4 Å². The van der Waals surface area contributed by atoms with Gasteiger partial charge in [-0.1, -0.05) is 12.8 Å². The zero-order valence-corrected chi connectivity index (χ0v) is 14.5. The van der Waals surface area contributed by atoms with Crippen molar-refractivity contribution >= 4 is 11.8 Å². The first-order valence-corrected chi connectivity index (χ1v) is 9.27. The van der Waals surface area contributed by atoms with Crippen LogP contribution in [0, 0.1) is 5.92 Å². The third-order valence-electron chi connectivity index (χ3n) is 5.64. The van der Waals surface area contributed by atoms with Crippen LogP contribution in [0.25, 0.3) is 0 Å². The van der Waals surface area contributed by atoms with Crippen LogP contribution in [0.4, 0.5) is 0 Å². The van der Waals surface area contributed by atoms with Gasteiger partial charge in [-0.05, 0) is 45.4 Å². The third-order valence-corrected chi connectivity index (χ3v) is 5.64. The zero-order chi connectivity index (χ0) is 16.4. The van der Waals surface area contributed by atoms with E-state index in [1.54, 1.807) is 4.90 Å². The lowest BCUT2D eigenvalue weighted by atomic mass is 9.78. The van der Waals surface area contributed by atoms with Gasteiger partial charge in [-0.25, -0.2) is 0 Å². The lowest BCUT2D eigenvalue weighted by Crippen LogP contribution is -2.52. The number of rotatable bonds is 2. The predicted molar refractivity (Wildman–Crippen MR) is 87.9 cm³/mol. The van der Waals surface area contributed by atoms with Crippen molar-refractivity contribution in [3.05, 3.63) is 0 Å². The summed E-state index contributed by atoms with van der Waals surface area (Å²) in [6.45, 7) is 6.00. The number of carbonyl (C=O) groups excluding carboxylic acids is 2. The van der Waals surface area contributed by atoms with Crippen molar-refractivity contribution in [2.45, 2.75) is 77.0 Å². The second-order valence-corrected chi connectivity index (χ2v) is 7.57. The number of amides is 2. The summed E-state index contributed by atoms with van der Waals surface area (Å²) in [6, 6.07) is 0.389. The monoisotopic (exact) mass is 322 g/mol. The number of carbonyl (C=O) groups is 2. The van der Waals surface area contributed by atoms with Crippen LogP contribution in [-0.2, 0) is 14.3 Å². The summed E-state index contributed by atoms with van der Waals surface area (Å²) >= 11 is 0. The van der Waals surface area contributed by atoms with E-state index in [2.05, 4.69) is 0 Å². The van der Waals surface area contributed by atoms with Gasteiger partial charge in [-0.2, -0.15) is 0 Å². The fraction of sp³-hybridized carbons (Fsp3) is 0.889. The Kier molecular flexibility index (Phi) is 5.24. The molecule has 5 nitrogen and oxygen atoms in total. The van der Waals surface area contributed by atoms with Gasteiger partial charge in [0.05, 0.1) is 12.2 Å². The zero-order valence-electron chi connectivity index (χ0n) is 14.5. The third kappa shape index (κ3) is 3.87. The highest BCUT2D eigenvalue weighted by atomic mass is 16.5. The van der Waals surface area contributed by atoms with Gasteiger partial charge in [-0.15, -0.1) is 0 Å². The Morgan fingerprint density at radius 3 is 2.35 bits per heavy atom. The summed E-state index contributed by atoms with van der Waals surface area (Å²) in [5.41, 5.74) is 0. The Balaban J connectivity index is 1.58. The van der Waals surface area contributed by atoms with E-state index in [9.17, 15) is 9.59 Å². The average molecular weight is 322 g/mol. The van der Waals surface area contributed by atoms with E-state index < -0.39 is 0 Å². The van der Waals surface area contributed by atoms with Crippen LogP contribution in [-0.4, -0.2) is 59.5 Å². The van der Waals surface area contributed by atoms with Crippen molar-refractivity contribution in [3.8, 4) is 0 Å². The highest BCUT2D eigenvalue weighted by molar-refractivity contribution is 5.97. The molecule has 0 aromatic carbocycles. The predicted octanol–water partition coefficient (Wildman–Crippen LogP) is 2.19. The molecular weight excluding hydrogens is 292 g/mol. The summed E-state index contributed by atoms with van der Waals surface area (Å²) < 4.78 is 5.67. The average Bonchev–Trinajstić information content (AvgIpc) is 2.53. The number of piperidine rings is 1. The number of hydrogen-bond donors (Lipinski definition) is 0. The maximum Gasteiger partial charge on any atom is 0.232 e. The number of morpholine rings is 1. The Bertz CT molecular complexity index is 442. The van der Waals surface area contributed by atoms with Crippen LogP contribution in [0.2, 0.25) is 0 Å². The largest absolute Gasteiger partial charge is 0.372 e. The van der Waals surface area contributed by atoms with E-state index in [1.165, 1.54) is 25.7 Å². The molecule has 2 aliphatic heterocycles. The Labute approximate surface area is 139 Å². The van der Waals surface area contributed by atoms with E-state index in [0.29, 0.717) is 25.0 Å². The normalized spacial score (nSPS) is 34.9. The summed E-state index contributed by atoms with van der Waals surface area (Å²) in [5.74, 6) is 0.674. The number of likely N-dealkylation sites (tertiary alicyclic amines) is 1. The summed E-state index contributed by atoms with van der Waals surface area (Å²) in [6.07, 6.45) is 7.36. The molecule has 3 aliphatic rings. The van der Waals surface area contributed by atoms with Gasteiger partial charge in [0.15, 0.2) is 0 Å². The molecule has 23 heavy (non-hydrogen) atoms. The minimum atomic E-state index is -0.0325. The Hall–Kier alpha value is -1.10. The van der Waals surface area contributed by atoms with Crippen molar-refractivity contribution in [2.75, 3.05) is 19.6 Å². The van der Waals surface area contributed by atoms with E-state index in [-0.39, 0.29) is 30.4 Å². The molecule has 2 saturated heterocycles. The SMILES string of the molecule is C[C@@H]1CN(C(=O)CC(=O)N2CCCC3CCCCC32)C[C@H](C)O1. The second-order valence-electron chi connectivity index (χ2n) is 7.57. The van der Waals surface area contributed by atoms with Gasteiger partial charge in [0.25, 0.3) is 0 Å². The van der Waals surface area contributed by atoms with Crippen molar-refractivity contribution in [1.29, 1.82) is 0 Å². The first-order valence-electron chi connectivity index (χ1n) is 9.27. The smallest absolute Gasteiger partial charge is 0.232 e.